The molecule has 0 fully saturated rings. The van der Waals surface area contributed by atoms with Crippen molar-refractivity contribution in [1.29, 1.82) is 0 Å². The van der Waals surface area contributed by atoms with Gasteiger partial charge in [-0.2, -0.15) is 0 Å². The van der Waals surface area contributed by atoms with E-state index in [-0.39, 0.29) is 18.7 Å². The van der Waals surface area contributed by atoms with Gasteiger partial charge >= 0.3 is 5.97 Å². The molecular formula is C13H14N2O4S. The first-order valence-corrected chi connectivity index (χ1v) is 6.86. The van der Waals surface area contributed by atoms with E-state index in [1.165, 1.54) is 11.3 Å². The third-order valence-corrected chi connectivity index (χ3v) is 3.57. The van der Waals surface area contributed by atoms with Gasteiger partial charge in [0.25, 0.3) is 0 Å². The first-order valence-electron chi connectivity index (χ1n) is 6.04. The van der Waals surface area contributed by atoms with Crippen LogP contribution in [0.3, 0.4) is 0 Å². The number of aromatic nitrogens is 1. The fourth-order valence-corrected chi connectivity index (χ4v) is 2.58. The highest BCUT2D eigenvalue weighted by molar-refractivity contribution is 7.22. The van der Waals surface area contributed by atoms with Crippen LogP contribution >= 0.6 is 11.3 Å². The van der Waals surface area contributed by atoms with Crippen LogP contribution in [0.4, 0.5) is 5.13 Å². The SMILES string of the molecule is COc1ccc2nc(NC(=O)CCCC(=O)O)sc2c1. The van der Waals surface area contributed by atoms with Crippen LogP contribution in [0.2, 0.25) is 0 Å². The van der Waals surface area contributed by atoms with Crippen molar-refractivity contribution in [3.05, 3.63) is 18.2 Å². The molecule has 1 aromatic carbocycles. The van der Waals surface area contributed by atoms with E-state index < -0.39 is 5.97 Å². The summed E-state index contributed by atoms with van der Waals surface area (Å²) in [5, 5.41) is 11.7. The number of aliphatic carboxylic acids is 1. The van der Waals surface area contributed by atoms with Crippen LogP contribution in [0.15, 0.2) is 18.2 Å². The third-order valence-electron chi connectivity index (χ3n) is 2.64. The van der Waals surface area contributed by atoms with E-state index in [4.69, 9.17) is 9.84 Å². The minimum atomic E-state index is -0.898. The van der Waals surface area contributed by atoms with Crippen LogP contribution in [-0.2, 0) is 9.59 Å². The Morgan fingerprint density at radius 2 is 2.20 bits per heavy atom. The van der Waals surface area contributed by atoms with E-state index in [9.17, 15) is 9.59 Å². The summed E-state index contributed by atoms with van der Waals surface area (Å²) >= 11 is 1.36. The number of hydrogen-bond donors (Lipinski definition) is 2. The Morgan fingerprint density at radius 3 is 2.90 bits per heavy atom. The van der Waals surface area contributed by atoms with Crippen molar-refractivity contribution >= 4 is 38.6 Å². The second-order valence-electron chi connectivity index (χ2n) is 4.15. The Bertz CT molecular complexity index is 638. The standard InChI is InChI=1S/C13H14N2O4S/c1-19-8-5-6-9-10(7-8)20-13(14-9)15-11(16)3-2-4-12(17)18/h5-7H,2-4H2,1H3,(H,17,18)(H,14,15,16). The van der Waals surface area contributed by atoms with Crippen molar-refractivity contribution in [2.24, 2.45) is 0 Å². The number of nitrogens with one attached hydrogen (secondary N) is 1. The minimum absolute atomic E-state index is 0.00946. The van der Waals surface area contributed by atoms with Crippen molar-refractivity contribution < 1.29 is 19.4 Å². The molecule has 0 saturated heterocycles. The van der Waals surface area contributed by atoms with Gasteiger partial charge in [0.1, 0.15) is 5.75 Å². The molecule has 0 unspecified atom stereocenters. The molecule has 6 nitrogen and oxygen atoms in total. The normalized spacial score (nSPS) is 10.4. The van der Waals surface area contributed by atoms with E-state index >= 15 is 0 Å². The Hall–Kier alpha value is -2.15. The summed E-state index contributed by atoms with van der Waals surface area (Å²) in [5.41, 5.74) is 0.789. The molecule has 0 bridgehead atoms. The molecule has 20 heavy (non-hydrogen) atoms. The fraction of sp³-hybridized carbons (Fsp3) is 0.308. The lowest BCUT2D eigenvalue weighted by atomic mass is 10.2. The first-order chi connectivity index (χ1) is 9.58. The lowest BCUT2D eigenvalue weighted by Gasteiger charge is -1.99. The highest BCUT2D eigenvalue weighted by atomic mass is 32.1. The average Bonchev–Trinajstić information content (AvgIpc) is 2.78. The van der Waals surface area contributed by atoms with Gasteiger partial charge in [-0.3, -0.25) is 9.59 Å². The van der Waals surface area contributed by atoms with E-state index in [0.29, 0.717) is 11.6 Å². The number of ether oxygens (including phenoxy) is 1. The van der Waals surface area contributed by atoms with Gasteiger partial charge in [-0.15, -0.1) is 0 Å². The third kappa shape index (κ3) is 3.67. The topological polar surface area (TPSA) is 88.5 Å². The van der Waals surface area contributed by atoms with E-state index in [2.05, 4.69) is 10.3 Å². The number of anilines is 1. The number of amides is 1. The van der Waals surface area contributed by atoms with E-state index in [1.807, 2.05) is 12.1 Å². The summed E-state index contributed by atoms with van der Waals surface area (Å²) in [6.45, 7) is 0. The van der Waals surface area contributed by atoms with Crippen LogP contribution < -0.4 is 10.1 Å². The zero-order chi connectivity index (χ0) is 14.5. The Balaban J connectivity index is 1.99. The highest BCUT2D eigenvalue weighted by Gasteiger charge is 2.09. The lowest BCUT2D eigenvalue weighted by molar-refractivity contribution is -0.137. The molecule has 0 aliphatic heterocycles. The van der Waals surface area contributed by atoms with Crippen molar-refractivity contribution in [3.63, 3.8) is 0 Å². The number of benzene rings is 1. The Morgan fingerprint density at radius 1 is 1.40 bits per heavy atom. The van der Waals surface area contributed by atoms with Gasteiger partial charge in [-0.1, -0.05) is 11.3 Å². The quantitative estimate of drug-likeness (QED) is 0.854. The van der Waals surface area contributed by atoms with Crippen molar-refractivity contribution in [2.75, 3.05) is 12.4 Å². The van der Waals surface area contributed by atoms with Gasteiger partial charge in [0.15, 0.2) is 5.13 Å². The Labute approximate surface area is 119 Å². The number of hydrogen-bond acceptors (Lipinski definition) is 5. The largest absolute Gasteiger partial charge is 0.497 e. The molecule has 1 heterocycles. The van der Waals surface area contributed by atoms with Gasteiger partial charge in [-0.05, 0) is 24.6 Å². The number of thiazole rings is 1. The molecule has 0 saturated carbocycles. The van der Waals surface area contributed by atoms with Crippen LogP contribution in [0.1, 0.15) is 19.3 Å². The van der Waals surface area contributed by atoms with Gasteiger partial charge in [0.2, 0.25) is 5.91 Å². The number of carbonyl (C=O) groups excluding carboxylic acids is 1. The first kappa shape index (κ1) is 14.3. The zero-order valence-corrected chi connectivity index (χ0v) is 11.7. The molecular weight excluding hydrogens is 280 g/mol. The predicted molar refractivity (Wildman–Crippen MR) is 76.3 cm³/mol. The second-order valence-corrected chi connectivity index (χ2v) is 5.18. The maximum atomic E-state index is 11.6. The number of rotatable bonds is 6. The van der Waals surface area contributed by atoms with Crippen LogP contribution in [-0.4, -0.2) is 29.1 Å². The molecule has 1 amide bonds. The summed E-state index contributed by atoms with van der Waals surface area (Å²) in [6, 6.07) is 5.48. The Kier molecular flexibility index (Phi) is 4.52. The summed E-state index contributed by atoms with van der Waals surface area (Å²) in [4.78, 5) is 26.3. The number of carboxylic acids is 1. The highest BCUT2D eigenvalue weighted by Crippen LogP contribution is 2.29. The average molecular weight is 294 g/mol. The van der Waals surface area contributed by atoms with Crippen molar-refractivity contribution in [1.82, 2.24) is 4.98 Å². The van der Waals surface area contributed by atoms with Crippen molar-refractivity contribution in [2.45, 2.75) is 19.3 Å². The van der Waals surface area contributed by atoms with Gasteiger partial charge < -0.3 is 15.2 Å². The number of fused-ring (bicyclic) bond motifs is 1. The van der Waals surface area contributed by atoms with Crippen LogP contribution in [0, 0.1) is 0 Å². The number of nitrogens with zero attached hydrogens (tertiary/aromatic N) is 1. The minimum Gasteiger partial charge on any atom is -0.497 e. The second kappa shape index (κ2) is 6.33. The maximum Gasteiger partial charge on any atom is 0.303 e. The molecule has 106 valence electrons. The monoisotopic (exact) mass is 294 g/mol. The molecule has 0 radical (unpaired) electrons. The fourth-order valence-electron chi connectivity index (χ4n) is 1.67. The maximum absolute atomic E-state index is 11.6. The molecule has 0 atom stereocenters. The molecule has 2 aromatic rings. The zero-order valence-electron chi connectivity index (χ0n) is 10.9. The molecule has 0 aliphatic rings. The lowest BCUT2D eigenvalue weighted by Crippen LogP contribution is -2.11. The molecule has 0 aliphatic carbocycles. The molecule has 7 heteroatoms. The van der Waals surface area contributed by atoms with E-state index in [1.54, 1.807) is 13.2 Å². The van der Waals surface area contributed by atoms with Crippen LogP contribution in [0.5, 0.6) is 5.75 Å². The molecule has 2 rings (SSSR count). The van der Waals surface area contributed by atoms with Gasteiger partial charge in [0.05, 0.1) is 17.3 Å². The summed E-state index contributed by atoms with van der Waals surface area (Å²) < 4.78 is 6.05. The molecule has 0 spiro atoms. The van der Waals surface area contributed by atoms with E-state index in [0.717, 1.165) is 16.0 Å². The predicted octanol–water partition coefficient (Wildman–Crippen LogP) is 2.50. The van der Waals surface area contributed by atoms with Crippen LogP contribution in [0.25, 0.3) is 10.2 Å². The van der Waals surface area contributed by atoms with Gasteiger partial charge in [0, 0.05) is 12.8 Å². The molecule has 2 N–H and O–H groups in total. The van der Waals surface area contributed by atoms with Crippen molar-refractivity contribution in [3.8, 4) is 5.75 Å². The summed E-state index contributed by atoms with van der Waals surface area (Å²) in [5.74, 6) is -0.386. The summed E-state index contributed by atoms with van der Waals surface area (Å²) in [7, 11) is 1.59. The molecule has 1 aromatic heterocycles. The number of carboxylic acid groups (broad SMARTS) is 1. The smallest absolute Gasteiger partial charge is 0.303 e. The number of carbonyl (C=O) groups is 2. The summed E-state index contributed by atoms with van der Waals surface area (Å²) in [6.07, 6.45) is 0.482. The van der Waals surface area contributed by atoms with Gasteiger partial charge in [-0.25, -0.2) is 4.98 Å². The number of methoxy groups -OCH3 is 1.